The van der Waals surface area contributed by atoms with Crippen molar-refractivity contribution in [1.82, 2.24) is 5.32 Å². The number of rotatable bonds is 2. The number of carbonyl (C=O) groups excluding carboxylic acids is 1. The Hall–Kier alpha value is -0.670. The normalized spacial score (nSPS) is 29.8. The maximum Gasteiger partial charge on any atom is 0.315 e. The lowest BCUT2D eigenvalue weighted by molar-refractivity contribution is -0.133. The van der Waals surface area contributed by atoms with E-state index in [0.29, 0.717) is 5.92 Å². The molecule has 0 radical (unpaired) electrons. The van der Waals surface area contributed by atoms with E-state index >= 15 is 0 Å². The van der Waals surface area contributed by atoms with Crippen LogP contribution in [0.1, 0.15) is 19.8 Å². The third kappa shape index (κ3) is 1.88. The summed E-state index contributed by atoms with van der Waals surface area (Å²) in [5.74, 6) is -0.778. The summed E-state index contributed by atoms with van der Waals surface area (Å²) in [4.78, 5) is 10.4. The van der Waals surface area contributed by atoms with Crippen molar-refractivity contribution in [3.05, 3.63) is 0 Å². The van der Waals surface area contributed by atoms with Gasteiger partial charge in [-0.25, -0.2) is 0 Å². The van der Waals surface area contributed by atoms with Gasteiger partial charge in [-0.2, -0.15) is 8.78 Å². The molecule has 11 heavy (non-hydrogen) atoms. The molecule has 2 unspecified atom stereocenters. The minimum atomic E-state index is -2.87. The van der Waals surface area contributed by atoms with Crippen molar-refractivity contribution in [2.45, 2.75) is 32.2 Å². The molecule has 4 heteroatoms. The van der Waals surface area contributed by atoms with E-state index in [9.17, 15) is 13.6 Å². The largest absolute Gasteiger partial charge is 0.348 e. The number of nitrogens with one attached hydrogen (secondary N) is 1. The molecule has 1 rings (SSSR count). The van der Waals surface area contributed by atoms with Gasteiger partial charge < -0.3 is 5.32 Å². The Bertz CT molecular complexity index is 161. The van der Waals surface area contributed by atoms with E-state index < -0.39 is 12.3 Å². The van der Waals surface area contributed by atoms with Crippen molar-refractivity contribution in [3.63, 3.8) is 0 Å². The highest BCUT2D eigenvalue weighted by atomic mass is 19.3. The average molecular weight is 163 g/mol. The molecular weight excluding hydrogens is 152 g/mol. The molecule has 2 atom stereocenters. The third-order valence-electron chi connectivity index (χ3n) is 2.15. The Morgan fingerprint density at radius 1 is 1.55 bits per heavy atom. The second-order valence-electron chi connectivity index (χ2n) is 2.97. The predicted octanol–water partition coefficient (Wildman–Crippen LogP) is 1.17. The maximum absolute atomic E-state index is 11.7. The zero-order valence-corrected chi connectivity index (χ0v) is 6.31. The third-order valence-corrected chi connectivity index (χ3v) is 2.15. The summed E-state index contributed by atoms with van der Waals surface area (Å²) in [5.41, 5.74) is 0. The molecule has 0 saturated heterocycles. The predicted molar refractivity (Wildman–Crippen MR) is 36.3 cm³/mol. The Morgan fingerprint density at radius 2 is 2.18 bits per heavy atom. The molecule has 0 aromatic rings. The van der Waals surface area contributed by atoms with Gasteiger partial charge in [0.25, 0.3) is 5.91 Å². The number of hydrogen-bond acceptors (Lipinski definition) is 1. The summed E-state index contributed by atoms with van der Waals surface area (Å²) in [7, 11) is 0. The van der Waals surface area contributed by atoms with Crippen LogP contribution in [-0.2, 0) is 4.79 Å². The zero-order chi connectivity index (χ0) is 8.43. The van der Waals surface area contributed by atoms with Crippen molar-refractivity contribution in [3.8, 4) is 0 Å². The molecular formula is C7H11F2NO. The molecule has 2 nitrogen and oxygen atoms in total. The number of hydrogen-bond donors (Lipinski definition) is 1. The zero-order valence-electron chi connectivity index (χ0n) is 6.31. The first kappa shape index (κ1) is 8.43. The van der Waals surface area contributed by atoms with E-state index in [0.717, 1.165) is 12.8 Å². The molecule has 0 aromatic carbocycles. The van der Waals surface area contributed by atoms with Crippen LogP contribution in [0.3, 0.4) is 0 Å². The van der Waals surface area contributed by atoms with Gasteiger partial charge in [0.15, 0.2) is 0 Å². The van der Waals surface area contributed by atoms with Gasteiger partial charge in [-0.15, -0.1) is 0 Å². The molecule has 1 N–H and O–H groups in total. The van der Waals surface area contributed by atoms with E-state index in [1.807, 2.05) is 6.92 Å². The molecule has 0 heterocycles. The van der Waals surface area contributed by atoms with Crippen LogP contribution < -0.4 is 5.32 Å². The van der Waals surface area contributed by atoms with Crippen molar-refractivity contribution in [1.29, 1.82) is 0 Å². The molecule has 1 amide bonds. The highest BCUT2D eigenvalue weighted by molar-refractivity contribution is 5.79. The highest BCUT2D eigenvalue weighted by Crippen LogP contribution is 2.26. The Kier molecular flexibility index (Phi) is 2.42. The summed E-state index contributed by atoms with van der Waals surface area (Å²) in [6, 6.07) is -0.0171. The SMILES string of the molecule is CC1CCC1NC(=O)C(F)F. The van der Waals surface area contributed by atoms with Gasteiger partial charge in [0.2, 0.25) is 0 Å². The Labute approximate surface area is 64.0 Å². The Balaban J connectivity index is 2.25. The lowest BCUT2D eigenvalue weighted by atomic mass is 9.81. The molecule has 0 aromatic heterocycles. The lowest BCUT2D eigenvalue weighted by Gasteiger charge is -2.34. The summed E-state index contributed by atoms with van der Waals surface area (Å²) < 4.78 is 23.3. The second-order valence-corrected chi connectivity index (χ2v) is 2.97. The molecule has 1 fully saturated rings. The number of carbonyl (C=O) groups is 1. The summed E-state index contributed by atoms with van der Waals surface area (Å²) in [6.45, 7) is 1.94. The van der Waals surface area contributed by atoms with Crippen LogP contribution in [0.4, 0.5) is 8.78 Å². The molecule has 0 spiro atoms. The van der Waals surface area contributed by atoms with Crippen LogP contribution in [-0.4, -0.2) is 18.4 Å². The first-order valence-corrected chi connectivity index (χ1v) is 3.70. The van der Waals surface area contributed by atoms with Crippen molar-refractivity contribution >= 4 is 5.91 Å². The van der Waals surface area contributed by atoms with Gasteiger partial charge in [0.1, 0.15) is 0 Å². The number of amides is 1. The minimum Gasteiger partial charge on any atom is -0.348 e. The first-order valence-electron chi connectivity index (χ1n) is 3.70. The molecule has 64 valence electrons. The van der Waals surface area contributed by atoms with Crippen LogP contribution in [0.2, 0.25) is 0 Å². The fourth-order valence-electron chi connectivity index (χ4n) is 1.13. The number of alkyl halides is 2. The van der Waals surface area contributed by atoms with Crippen molar-refractivity contribution < 1.29 is 13.6 Å². The van der Waals surface area contributed by atoms with E-state index in [1.165, 1.54) is 0 Å². The van der Waals surface area contributed by atoms with Crippen LogP contribution in [0, 0.1) is 5.92 Å². The summed E-state index contributed by atoms with van der Waals surface area (Å²) in [5, 5.41) is 2.28. The number of halogens is 2. The summed E-state index contributed by atoms with van der Waals surface area (Å²) >= 11 is 0. The van der Waals surface area contributed by atoms with E-state index in [-0.39, 0.29) is 6.04 Å². The van der Waals surface area contributed by atoms with Gasteiger partial charge in [-0.05, 0) is 18.8 Å². The van der Waals surface area contributed by atoms with Crippen LogP contribution in [0.25, 0.3) is 0 Å². The summed E-state index contributed by atoms with van der Waals surface area (Å²) in [6.07, 6.45) is -1.02. The van der Waals surface area contributed by atoms with Gasteiger partial charge in [0, 0.05) is 6.04 Å². The average Bonchev–Trinajstić information content (AvgIpc) is 1.96. The minimum absolute atomic E-state index is 0.0171. The lowest BCUT2D eigenvalue weighted by Crippen LogP contribution is -2.47. The van der Waals surface area contributed by atoms with Crippen molar-refractivity contribution in [2.75, 3.05) is 0 Å². The Morgan fingerprint density at radius 3 is 2.45 bits per heavy atom. The van der Waals surface area contributed by atoms with Crippen molar-refractivity contribution in [2.24, 2.45) is 5.92 Å². The fourth-order valence-corrected chi connectivity index (χ4v) is 1.13. The second kappa shape index (κ2) is 3.15. The highest BCUT2D eigenvalue weighted by Gasteiger charge is 2.30. The van der Waals surface area contributed by atoms with E-state index in [2.05, 4.69) is 5.32 Å². The maximum atomic E-state index is 11.7. The van der Waals surface area contributed by atoms with E-state index in [1.54, 1.807) is 0 Å². The molecule has 0 aliphatic heterocycles. The molecule has 1 saturated carbocycles. The van der Waals surface area contributed by atoms with Crippen LogP contribution >= 0.6 is 0 Å². The molecule has 1 aliphatic rings. The fraction of sp³-hybridized carbons (Fsp3) is 0.857. The van der Waals surface area contributed by atoms with Gasteiger partial charge in [-0.3, -0.25) is 4.79 Å². The quantitative estimate of drug-likeness (QED) is 0.650. The molecule has 1 aliphatic carbocycles. The first-order chi connectivity index (χ1) is 5.11. The smallest absolute Gasteiger partial charge is 0.315 e. The molecule has 0 bridgehead atoms. The standard InChI is InChI=1S/C7H11F2NO/c1-4-2-3-5(4)10-7(11)6(8)9/h4-6H,2-3H2,1H3,(H,10,11). The van der Waals surface area contributed by atoms with Gasteiger partial charge in [-0.1, -0.05) is 6.92 Å². The topological polar surface area (TPSA) is 29.1 Å². The monoisotopic (exact) mass is 163 g/mol. The van der Waals surface area contributed by atoms with E-state index in [4.69, 9.17) is 0 Å². The van der Waals surface area contributed by atoms with Gasteiger partial charge in [0.05, 0.1) is 0 Å². The van der Waals surface area contributed by atoms with Crippen LogP contribution in [0.5, 0.6) is 0 Å². The van der Waals surface area contributed by atoms with Crippen LogP contribution in [0.15, 0.2) is 0 Å². The van der Waals surface area contributed by atoms with Gasteiger partial charge >= 0.3 is 6.43 Å².